The van der Waals surface area contributed by atoms with Crippen molar-refractivity contribution < 1.29 is 9.90 Å². The van der Waals surface area contributed by atoms with Crippen LogP contribution in [0.3, 0.4) is 0 Å². The Morgan fingerprint density at radius 2 is 2.44 bits per heavy atom. The van der Waals surface area contributed by atoms with E-state index in [1.54, 1.807) is 6.08 Å². The molecule has 1 atom stereocenters. The van der Waals surface area contributed by atoms with Crippen LogP contribution in [0.1, 0.15) is 13.3 Å². The first-order valence-electron chi connectivity index (χ1n) is 2.83. The zero-order valence-electron chi connectivity index (χ0n) is 5.37. The normalized spacial score (nSPS) is 14.0. The van der Waals surface area contributed by atoms with E-state index in [0.29, 0.717) is 0 Å². The molecule has 0 rings (SSSR count). The average Bonchev–Trinajstić information content (AvgIpc) is 1.82. The Labute approximate surface area is 54.2 Å². The summed E-state index contributed by atoms with van der Waals surface area (Å²) in [6, 6.07) is -0.843. The van der Waals surface area contributed by atoms with Crippen molar-refractivity contribution in [1.82, 2.24) is 0 Å². The highest BCUT2D eigenvalue weighted by Gasteiger charge is 2.04. The summed E-state index contributed by atoms with van der Waals surface area (Å²) >= 11 is 0. The van der Waals surface area contributed by atoms with Crippen molar-refractivity contribution in [3.05, 3.63) is 12.2 Å². The lowest BCUT2D eigenvalue weighted by Crippen LogP contribution is -2.27. The molecule has 0 heterocycles. The van der Waals surface area contributed by atoms with E-state index >= 15 is 0 Å². The van der Waals surface area contributed by atoms with E-state index in [0.717, 1.165) is 6.42 Å². The minimum absolute atomic E-state index is 0.820. The Morgan fingerprint density at radius 1 is 1.89 bits per heavy atom. The number of aliphatic carboxylic acids is 1. The summed E-state index contributed by atoms with van der Waals surface area (Å²) in [5.41, 5.74) is 5.12. The predicted octanol–water partition coefficient (Wildman–Crippen LogP) is 0.365. The lowest BCUT2D eigenvalue weighted by molar-refractivity contribution is -0.137. The second-order valence-corrected chi connectivity index (χ2v) is 1.70. The molecule has 0 bridgehead atoms. The SMILES string of the molecule is CC/C=C\[C@H](N)C(=O)O. The van der Waals surface area contributed by atoms with Gasteiger partial charge in [0.15, 0.2) is 0 Å². The predicted molar refractivity (Wildman–Crippen MR) is 35.0 cm³/mol. The summed E-state index contributed by atoms with van der Waals surface area (Å²) in [6.07, 6.45) is 4.03. The molecule has 0 aromatic rings. The number of carboxylic acids is 1. The summed E-state index contributed by atoms with van der Waals surface area (Å²) in [6.45, 7) is 1.92. The highest BCUT2D eigenvalue weighted by atomic mass is 16.4. The van der Waals surface area contributed by atoms with Crippen molar-refractivity contribution in [3.8, 4) is 0 Å². The van der Waals surface area contributed by atoms with Crippen LogP contribution in [0.5, 0.6) is 0 Å². The minimum atomic E-state index is -0.986. The first-order chi connectivity index (χ1) is 4.18. The van der Waals surface area contributed by atoms with E-state index in [-0.39, 0.29) is 0 Å². The maximum Gasteiger partial charge on any atom is 0.324 e. The van der Waals surface area contributed by atoms with E-state index in [4.69, 9.17) is 10.8 Å². The molecule has 0 aliphatic rings. The topological polar surface area (TPSA) is 63.3 Å². The van der Waals surface area contributed by atoms with Crippen molar-refractivity contribution in [3.63, 3.8) is 0 Å². The quantitative estimate of drug-likeness (QED) is 0.541. The molecule has 0 aromatic heterocycles. The molecule has 3 heteroatoms. The Bertz CT molecular complexity index is 120. The van der Waals surface area contributed by atoms with Crippen LogP contribution in [0, 0.1) is 0 Å². The highest BCUT2D eigenvalue weighted by Crippen LogP contribution is 1.84. The van der Waals surface area contributed by atoms with Gasteiger partial charge in [-0.2, -0.15) is 0 Å². The number of hydrogen-bond donors (Lipinski definition) is 2. The Balaban J connectivity index is 3.62. The van der Waals surface area contributed by atoms with Crippen LogP contribution in [-0.4, -0.2) is 17.1 Å². The summed E-state index contributed by atoms with van der Waals surface area (Å²) in [5.74, 6) is -0.986. The van der Waals surface area contributed by atoms with Gasteiger partial charge >= 0.3 is 5.97 Å². The maximum absolute atomic E-state index is 10.0. The van der Waals surface area contributed by atoms with Crippen molar-refractivity contribution in [2.75, 3.05) is 0 Å². The lowest BCUT2D eigenvalue weighted by Gasteiger charge is -1.95. The van der Waals surface area contributed by atoms with Gasteiger partial charge in [0.25, 0.3) is 0 Å². The fourth-order valence-electron chi connectivity index (χ4n) is 0.365. The zero-order valence-corrected chi connectivity index (χ0v) is 5.37. The van der Waals surface area contributed by atoms with Crippen LogP contribution in [-0.2, 0) is 4.79 Å². The Morgan fingerprint density at radius 3 is 2.78 bits per heavy atom. The van der Waals surface area contributed by atoms with Crippen LogP contribution >= 0.6 is 0 Å². The standard InChI is InChI=1S/C6H11NO2/c1-2-3-4-5(7)6(8)9/h3-5H,2,7H2,1H3,(H,8,9)/b4-3-/t5-/m0/s1. The average molecular weight is 129 g/mol. The molecule has 3 N–H and O–H groups in total. The van der Waals surface area contributed by atoms with Gasteiger partial charge < -0.3 is 10.8 Å². The van der Waals surface area contributed by atoms with Crippen molar-refractivity contribution >= 4 is 5.97 Å². The molecular formula is C6H11NO2. The number of rotatable bonds is 3. The first-order valence-corrected chi connectivity index (χ1v) is 2.83. The molecule has 0 fully saturated rings. The summed E-state index contributed by atoms with van der Waals surface area (Å²) in [5, 5.41) is 8.23. The van der Waals surface area contributed by atoms with Gasteiger partial charge in [0.05, 0.1) is 0 Å². The van der Waals surface area contributed by atoms with Crippen molar-refractivity contribution in [2.24, 2.45) is 5.73 Å². The third-order valence-electron chi connectivity index (χ3n) is 0.864. The second kappa shape index (κ2) is 4.09. The maximum atomic E-state index is 10.0. The summed E-state index contributed by atoms with van der Waals surface area (Å²) < 4.78 is 0. The van der Waals surface area contributed by atoms with Crippen molar-refractivity contribution in [2.45, 2.75) is 19.4 Å². The van der Waals surface area contributed by atoms with E-state index in [9.17, 15) is 4.79 Å². The van der Waals surface area contributed by atoms with Gasteiger partial charge in [-0.25, -0.2) is 0 Å². The fourth-order valence-corrected chi connectivity index (χ4v) is 0.365. The largest absolute Gasteiger partial charge is 0.480 e. The molecule has 3 nitrogen and oxygen atoms in total. The fraction of sp³-hybridized carbons (Fsp3) is 0.500. The van der Waals surface area contributed by atoms with E-state index in [1.807, 2.05) is 6.92 Å². The Hall–Kier alpha value is -0.830. The van der Waals surface area contributed by atoms with Gasteiger partial charge in [0.1, 0.15) is 6.04 Å². The highest BCUT2D eigenvalue weighted by molar-refractivity contribution is 5.75. The molecule has 0 aliphatic carbocycles. The van der Waals surface area contributed by atoms with Crippen LogP contribution in [0.2, 0.25) is 0 Å². The van der Waals surface area contributed by atoms with Gasteiger partial charge in [-0.15, -0.1) is 0 Å². The number of carbonyl (C=O) groups is 1. The van der Waals surface area contributed by atoms with Gasteiger partial charge in [0.2, 0.25) is 0 Å². The van der Waals surface area contributed by atoms with Gasteiger partial charge in [-0.1, -0.05) is 19.1 Å². The first kappa shape index (κ1) is 8.17. The molecule has 0 aromatic carbocycles. The van der Waals surface area contributed by atoms with Gasteiger partial charge in [-0.3, -0.25) is 4.79 Å². The molecule has 0 aliphatic heterocycles. The van der Waals surface area contributed by atoms with Crippen LogP contribution in [0.25, 0.3) is 0 Å². The third-order valence-corrected chi connectivity index (χ3v) is 0.864. The van der Waals surface area contributed by atoms with Crippen LogP contribution < -0.4 is 5.73 Å². The summed E-state index contributed by atoms with van der Waals surface area (Å²) in [4.78, 5) is 10.0. The molecular weight excluding hydrogens is 118 g/mol. The number of allylic oxidation sites excluding steroid dienone is 1. The number of hydrogen-bond acceptors (Lipinski definition) is 2. The molecule has 0 spiro atoms. The smallest absolute Gasteiger partial charge is 0.324 e. The number of carboxylic acid groups (broad SMARTS) is 1. The molecule has 52 valence electrons. The number of nitrogens with two attached hydrogens (primary N) is 1. The van der Waals surface area contributed by atoms with Crippen molar-refractivity contribution in [1.29, 1.82) is 0 Å². The van der Waals surface area contributed by atoms with Crippen LogP contribution in [0.4, 0.5) is 0 Å². The van der Waals surface area contributed by atoms with Gasteiger partial charge in [0, 0.05) is 0 Å². The van der Waals surface area contributed by atoms with Crippen LogP contribution in [0.15, 0.2) is 12.2 Å². The summed E-state index contributed by atoms with van der Waals surface area (Å²) in [7, 11) is 0. The molecule has 0 saturated carbocycles. The molecule has 0 amide bonds. The second-order valence-electron chi connectivity index (χ2n) is 1.70. The van der Waals surface area contributed by atoms with Gasteiger partial charge in [-0.05, 0) is 6.42 Å². The monoisotopic (exact) mass is 129 g/mol. The molecule has 0 radical (unpaired) electrons. The van der Waals surface area contributed by atoms with E-state index < -0.39 is 12.0 Å². The third kappa shape index (κ3) is 3.73. The van der Waals surface area contributed by atoms with E-state index in [2.05, 4.69) is 0 Å². The van der Waals surface area contributed by atoms with E-state index in [1.165, 1.54) is 6.08 Å². The minimum Gasteiger partial charge on any atom is -0.480 e. The molecule has 0 unspecified atom stereocenters. The molecule has 0 saturated heterocycles. The molecule has 9 heavy (non-hydrogen) atoms. The Kier molecular flexibility index (Phi) is 3.71. The zero-order chi connectivity index (χ0) is 7.28. The lowest BCUT2D eigenvalue weighted by atomic mass is 10.3.